The van der Waals surface area contributed by atoms with Gasteiger partial charge in [-0.2, -0.15) is 0 Å². The lowest BCUT2D eigenvalue weighted by Gasteiger charge is -2.11. The lowest BCUT2D eigenvalue weighted by molar-refractivity contribution is 0.404. The van der Waals surface area contributed by atoms with E-state index in [1.807, 2.05) is 38.4 Å². The Morgan fingerprint density at radius 2 is 1.81 bits per heavy atom. The smallest absolute Gasteiger partial charge is 0.156 e. The molecule has 0 unspecified atom stereocenters. The maximum Gasteiger partial charge on any atom is 0.156 e. The van der Waals surface area contributed by atoms with Gasteiger partial charge in [-0.25, -0.2) is 4.98 Å². The van der Waals surface area contributed by atoms with Gasteiger partial charge in [-0.1, -0.05) is 0 Å². The lowest BCUT2D eigenvalue weighted by Crippen LogP contribution is -2.11. The fraction of sp³-hybridized carbons (Fsp3) is 0.250. The number of benzene rings is 1. The highest BCUT2D eigenvalue weighted by molar-refractivity contribution is 5.85. The van der Waals surface area contributed by atoms with Crippen LogP contribution in [-0.2, 0) is 6.54 Å². The van der Waals surface area contributed by atoms with Crippen LogP contribution in [0.25, 0.3) is 22.4 Å². The molecule has 108 valence electrons. The van der Waals surface area contributed by atoms with E-state index in [2.05, 4.69) is 19.9 Å². The highest BCUT2D eigenvalue weighted by Gasteiger charge is 2.15. The van der Waals surface area contributed by atoms with Crippen molar-refractivity contribution in [2.24, 2.45) is 0 Å². The van der Waals surface area contributed by atoms with Crippen LogP contribution in [0.5, 0.6) is 5.75 Å². The molecule has 0 fully saturated rings. The molecule has 2 aromatic heterocycles. The van der Waals surface area contributed by atoms with E-state index in [0.717, 1.165) is 40.3 Å². The Balaban J connectivity index is 2.15. The van der Waals surface area contributed by atoms with E-state index in [9.17, 15) is 0 Å². The molecule has 0 amide bonds. The van der Waals surface area contributed by atoms with Gasteiger partial charge in [0.1, 0.15) is 11.3 Å². The number of rotatable bonds is 4. The third-order valence-corrected chi connectivity index (χ3v) is 3.38. The van der Waals surface area contributed by atoms with Crippen molar-refractivity contribution >= 4 is 11.2 Å². The van der Waals surface area contributed by atoms with Gasteiger partial charge < -0.3 is 14.6 Å². The molecule has 5 nitrogen and oxygen atoms in total. The minimum atomic E-state index is 0.806. The third kappa shape index (κ3) is 2.60. The molecule has 3 rings (SSSR count). The monoisotopic (exact) mass is 282 g/mol. The first kappa shape index (κ1) is 13.6. The molecule has 2 heterocycles. The zero-order valence-corrected chi connectivity index (χ0v) is 12.4. The molecule has 21 heavy (non-hydrogen) atoms. The minimum Gasteiger partial charge on any atom is -0.497 e. The van der Waals surface area contributed by atoms with Gasteiger partial charge in [0.25, 0.3) is 0 Å². The Bertz CT molecular complexity index is 747. The van der Waals surface area contributed by atoms with Crippen molar-refractivity contribution in [3.05, 3.63) is 42.2 Å². The summed E-state index contributed by atoms with van der Waals surface area (Å²) >= 11 is 0. The summed E-state index contributed by atoms with van der Waals surface area (Å²) < 4.78 is 5.22. The van der Waals surface area contributed by atoms with Crippen LogP contribution in [0.4, 0.5) is 0 Å². The molecule has 0 saturated carbocycles. The Kier molecular flexibility index (Phi) is 3.58. The summed E-state index contributed by atoms with van der Waals surface area (Å²) in [5.41, 5.74) is 5.07. The maximum absolute atomic E-state index is 5.22. The highest BCUT2D eigenvalue weighted by Crippen LogP contribution is 2.30. The number of nitrogens with one attached hydrogen (secondary N) is 1. The number of hydrogen-bond donors (Lipinski definition) is 1. The van der Waals surface area contributed by atoms with Crippen LogP contribution < -0.4 is 4.74 Å². The number of hydrogen-bond acceptors (Lipinski definition) is 4. The molecule has 0 aliphatic carbocycles. The number of aromatic nitrogens is 3. The average Bonchev–Trinajstić information content (AvgIpc) is 2.86. The molecule has 5 heteroatoms. The fourth-order valence-corrected chi connectivity index (χ4v) is 2.44. The van der Waals surface area contributed by atoms with Crippen molar-refractivity contribution in [3.8, 4) is 17.0 Å². The summed E-state index contributed by atoms with van der Waals surface area (Å²) in [7, 11) is 5.77. The maximum atomic E-state index is 5.22. The van der Waals surface area contributed by atoms with Gasteiger partial charge in [0, 0.05) is 24.5 Å². The molecule has 0 spiro atoms. The van der Waals surface area contributed by atoms with E-state index in [1.165, 1.54) is 0 Å². The second-order valence-corrected chi connectivity index (χ2v) is 5.20. The van der Waals surface area contributed by atoms with Crippen molar-refractivity contribution in [1.82, 2.24) is 19.9 Å². The van der Waals surface area contributed by atoms with Crippen LogP contribution in [0.3, 0.4) is 0 Å². The van der Waals surface area contributed by atoms with Gasteiger partial charge in [0.2, 0.25) is 0 Å². The van der Waals surface area contributed by atoms with Gasteiger partial charge in [-0.3, -0.25) is 4.98 Å². The quantitative estimate of drug-likeness (QED) is 0.799. The first-order valence-electron chi connectivity index (χ1n) is 6.79. The molecule has 1 aromatic carbocycles. The molecular formula is C16H18N4O. The number of fused-ring (bicyclic) bond motifs is 1. The minimum absolute atomic E-state index is 0.806. The van der Waals surface area contributed by atoms with E-state index in [1.54, 1.807) is 19.5 Å². The molecule has 0 aliphatic heterocycles. The zero-order chi connectivity index (χ0) is 14.8. The molecule has 0 aliphatic rings. The first-order chi connectivity index (χ1) is 10.2. The van der Waals surface area contributed by atoms with Crippen LogP contribution in [0, 0.1) is 0 Å². The molecular weight excluding hydrogens is 264 g/mol. The van der Waals surface area contributed by atoms with Crippen molar-refractivity contribution < 1.29 is 4.74 Å². The standard InChI is InChI=1S/C16H18N4O/c1-20(2)10-13-14(11-4-6-12(21-3)7-5-11)19-16-15(13)17-8-9-18-16/h4-9H,10H2,1-3H3,(H,18,19). The molecule has 1 N–H and O–H groups in total. The van der Waals surface area contributed by atoms with E-state index in [-0.39, 0.29) is 0 Å². The van der Waals surface area contributed by atoms with E-state index >= 15 is 0 Å². The number of H-pyrrole nitrogens is 1. The highest BCUT2D eigenvalue weighted by atomic mass is 16.5. The Hall–Kier alpha value is -2.40. The average molecular weight is 282 g/mol. The third-order valence-electron chi connectivity index (χ3n) is 3.38. The zero-order valence-electron chi connectivity index (χ0n) is 12.4. The number of nitrogens with zero attached hydrogens (tertiary/aromatic N) is 3. The molecule has 0 saturated heterocycles. The molecule has 0 radical (unpaired) electrons. The van der Waals surface area contributed by atoms with Crippen molar-refractivity contribution in [2.75, 3.05) is 21.2 Å². The summed E-state index contributed by atoms with van der Waals surface area (Å²) in [6.45, 7) is 0.806. The second-order valence-electron chi connectivity index (χ2n) is 5.20. The van der Waals surface area contributed by atoms with E-state index in [0.29, 0.717) is 0 Å². The predicted octanol–water partition coefficient (Wildman–Crippen LogP) is 2.70. The van der Waals surface area contributed by atoms with Crippen molar-refractivity contribution in [2.45, 2.75) is 6.54 Å². The molecule has 0 bridgehead atoms. The normalized spacial score (nSPS) is 11.2. The summed E-state index contributed by atoms with van der Waals surface area (Å²) in [5.74, 6) is 0.847. The Labute approximate surface area is 123 Å². The van der Waals surface area contributed by atoms with Crippen LogP contribution in [0.15, 0.2) is 36.7 Å². The molecule has 3 aromatic rings. The topological polar surface area (TPSA) is 54.0 Å². The summed E-state index contributed by atoms with van der Waals surface area (Å²) in [4.78, 5) is 14.3. The van der Waals surface area contributed by atoms with Crippen LogP contribution in [-0.4, -0.2) is 41.1 Å². The van der Waals surface area contributed by atoms with Crippen LogP contribution in [0.1, 0.15) is 5.56 Å². The van der Waals surface area contributed by atoms with Gasteiger partial charge >= 0.3 is 0 Å². The van der Waals surface area contributed by atoms with Gasteiger partial charge in [-0.15, -0.1) is 0 Å². The lowest BCUT2D eigenvalue weighted by atomic mass is 10.1. The number of ether oxygens (including phenoxy) is 1. The first-order valence-corrected chi connectivity index (χ1v) is 6.79. The van der Waals surface area contributed by atoms with E-state index < -0.39 is 0 Å². The number of aromatic amines is 1. The second kappa shape index (κ2) is 5.54. The Morgan fingerprint density at radius 1 is 1.10 bits per heavy atom. The summed E-state index contributed by atoms with van der Waals surface area (Å²) in [6.07, 6.45) is 3.43. The fourth-order valence-electron chi connectivity index (χ4n) is 2.44. The summed E-state index contributed by atoms with van der Waals surface area (Å²) in [6, 6.07) is 8.01. The summed E-state index contributed by atoms with van der Waals surface area (Å²) in [5, 5.41) is 0. The van der Waals surface area contributed by atoms with Gasteiger partial charge in [-0.05, 0) is 43.9 Å². The number of methoxy groups -OCH3 is 1. The van der Waals surface area contributed by atoms with Gasteiger partial charge in [0.15, 0.2) is 5.65 Å². The predicted molar refractivity (Wildman–Crippen MR) is 83.3 cm³/mol. The van der Waals surface area contributed by atoms with Crippen molar-refractivity contribution in [3.63, 3.8) is 0 Å². The van der Waals surface area contributed by atoms with Gasteiger partial charge in [0.05, 0.1) is 12.8 Å². The van der Waals surface area contributed by atoms with Crippen molar-refractivity contribution in [1.29, 1.82) is 0 Å². The van der Waals surface area contributed by atoms with E-state index in [4.69, 9.17) is 4.74 Å². The van der Waals surface area contributed by atoms with Crippen LogP contribution >= 0.6 is 0 Å². The molecule has 0 atom stereocenters. The van der Waals surface area contributed by atoms with Crippen LogP contribution in [0.2, 0.25) is 0 Å². The largest absolute Gasteiger partial charge is 0.497 e. The Morgan fingerprint density at radius 3 is 2.48 bits per heavy atom. The SMILES string of the molecule is COc1ccc(-c2[nH]c3nccnc3c2CN(C)C)cc1.